The summed E-state index contributed by atoms with van der Waals surface area (Å²) in [6.07, 6.45) is 0. The number of hydrogen-bond donors (Lipinski definition) is 2. The van der Waals surface area contributed by atoms with E-state index in [0.717, 1.165) is 22.5 Å². The molecule has 0 aromatic heterocycles. The molecule has 18 heavy (non-hydrogen) atoms. The van der Waals surface area contributed by atoms with Crippen molar-refractivity contribution in [3.05, 3.63) is 59.7 Å². The molecule has 0 aliphatic rings. The van der Waals surface area contributed by atoms with E-state index in [1.54, 1.807) is 0 Å². The standard InChI is InChI=1S/C14H14Cl2N2/c15-9-11-1-5-13(6-2-11)17-18-14-7-3-12(10-16)4-8-14/h1-8,17-18H,9-10H2. The highest BCUT2D eigenvalue weighted by molar-refractivity contribution is 6.17. The molecule has 0 heterocycles. The second-order valence-corrected chi connectivity index (χ2v) is 4.45. The van der Waals surface area contributed by atoms with Gasteiger partial charge in [0.25, 0.3) is 0 Å². The average Bonchev–Trinajstić information content (AvgIpc) is 2.46. The molecule has 0 saturated carbocycles. The molecule has 0 aliphatic carbocycles. The van der Waals surface area contributed by atoms with Gasteiger partial charge in [-0.3, -0.25) is 0 Å². The number of halogens is 2. The third-order valence-electron chi connectivity index (χ3n) is 2.57. The second kappa shape index (κ2) is 6.53. The molecule has 2 aromatic carbocycles. The fourth-order valence-electron chi connectivity index (χ4n) is 1.50. The molecule has 0 amide bonds. The minimum absolute atomic E-state index is 0.535. The fraction of sp³-hybridized carbons (Fsp3) is 0.143. The predicted molar refractivity (Wildman–Crippen MR) is 79.2 cm³/mol. The molecule has 4 heteroatoms. The fourth-order valence-corrected chi connectivity index (χ4v) is 1.86. The zero-order valence-electron chi connectivity index (χ0n) is 9.79. The molecule has 0 spiro atoms. The number of benzene rings is 2. The summed E-state index contributed by atoms with van der Waals surface area (Å²) in [5.41, 5.74) is 10.4. The van der Waals surface area contributed by atoms with Crippen molar-refractivity contribution in [3.8, 4) is 0 Å². The molecular weight excluding hydrogens is 267 g/mol. The lowest BCUT2D eigenvalue weighted by molar-refractivity contribution is 1.35. The number of hydrazine groups is 1. The zero-order valence-corrected chi connectivity index (χ0v) is 11.3. The Morgan fingerprint density at radius 1 is 0.611 bits per heavy atom. The van der Waals surface area contributed by atoms with Crippen LogP contribution in [0.4, 0.5) is 11.4 Å². The summed E-state index contributed by atoms with van der Waals surface area (Å²) in [6, 6.07) is 15.9. The maximum absolute atomic E-state index is 5.73. The van der Waals surface area contributed by atoms with Crippen LogP contribution in [-0.4, -0.2) is 0 Å². The third-order valence-corrected chi connectivity index (χ3v) is 3.18. The summed E-state index contributed by atoms with van der Waals surface area (Å²) in [6.45, 7) is 0. The highest BCUT2D eigenvalue weighted by Crippen LogP contribution is 2.14. The van der Waals surface area contributed by atoms with Crippen LogP contribution in [0.2, 0.25) is 0 Å². The van der Waals surface area contributed by atoms with Gasteiger partial charge in [-0.1, -0.05) is 24.3 Å². The van der Waals surface area contributed by atoms with Gasteiger partial charge in [0.1, 0.15) is 0 Å². The molecule has 94 valence electrons. The van der Waals surface area contributed by atoms with E-state index in [2.05, 4.69) is 10.9 Å². The van der Waals surface area contributed by atoms with Crippen LogP contribution in [0.15, 0.2) is 48.5 Å². The number of anilines is 2. The SMILES string of the molecule is ClCc1ccc(NNc2ccc(CCl)cc2)cc1. The first kappa shape index (κ1) is 13.1. The number of rotatable bonds is 5. The van der Waals surface area contributed by atoms with Crippen LogP contribution >= 0.6 is 23.2 Å². The number of hydrogen-bond acceptors (Lipinski definition) is 2. The highest BCUT2D eigenvalue weighted by atomic mass is 35.5. The van der Waals surface area contributed by atoms with Crippen LogP contribution in [0.25, 0.3) is 0 Å². The largest absolute Gasteiger partial charge is 0.301 e. The van der Waals surface area contributed by atoms with Crippen molar-refractivity contribution in [2.45, 2.75) is 11.8 Å². The van der Waals surface area contributed by atoms with Gasteiger partial charge in [0, 0.05) is 11.8 Å². The van der Waals surface area contributed by atoms with Gasteiger partial charge in [-0.2, -0.15) is 0 Å². The minimum atomic E-state index is 0.535. The van der Waals surface area contributed by atoms with Gasteiger partial charge in [-0.25, -0.2) is 0 Å². The molecule has 0 radical (unpaired) electrons. The first-order chi connectivity index (χ1) is 8.81. The highest BCUT2D eigenvalue weighted by Gasteiger charge is 1.95. The van der Waals surface area contributed by atoms with Crippen LogP contribution in [0.3, 0.4) is 0 Å². The summed E-state index contributed by atoms with van der Waals surface area (Å²) in [7, 11) is 0. The Morgan fingerprint density at radius 2 is 0.944 bits per heavy atom. The Hall–Kier alpha value is -1.38. The molecule has 0 fully saturated rings. The van der Waals surface area contributed by atoms with Crippen molar-refractivity contribution in [3.63, 3.8) is 0 Å². The molecule has 2 aromatic rings. The monoisotopic (exact) mass is 280 g/mol. The molecule has 2 nitrogen and oxygen atoms in total. The maximum Gasteiger partial charge on any atom is 0.0540 e. The van der Waals surface area contributed by atoms with E-state index in [0.29, 0.717) is 11.8 Å². The van der Waals surface area contributed by atoms with E-state index >= 15 is 0 Å². The predicted octanol–water partition coefficient (Wildman–Crippen LogP) is 4.60. The molecule has 0 aliphatic heterocycles. The molecule has 0 atom stereocenters. The second-order valence-electron chi connectivity index (χ2n) is 3.91. The van der Waals surface area contributed by atoms with E-state index in [1.165, 1.54) is 0 Å². The summed E-state index contributed by atoms with van der Waals surface area (Å²) < 4.78 is 0. The quantitative estimate of drug-likeness (QED) is 0.618. The van der Waals surface area contributed by atoms with Gasteiger partial charge < -0.3 is 10.9 Å². The Bertz CT molecular complexity index is 433. The van der Waals surface area contributed by atoms with Gasteiger partial charge in [-0.15, -0.1) is 23.2 Å². The van der Waals surface area contributed by atoms with E-state index < -0.39 is 0 Å². The summed E-state index contributed by atoms with van der Waals surface area (Å²) in [4.78, 5) is 0. The minimum Gasteiger partial charge on any atom is -0.301 e. The summed E-state index contributed by atoms with van der Waals surface area (Å²) >= 11 is 11.5. The van der Waals surface area contributed by atoms with Gasteiger partial charge in [-0.05, 0) is 35.4 Å². The van der Waals surface area contributed by atoms with E-state index in [-0.39, 0.29) is 0 Å². The Kier molecular flexibility index (Phi) is 4.73. The first-order valence-electron chi connectivity index (χ1n) is 5.63. The van der Waals surface area contributed by atoms with E-state index in [4.69, 9.17) is 23.2 Å². The lowest BCUT2D eigenvalue weighted by Crippen LogP contribution is -2.08. The van der Waals surface area contributed by atoms with Crippen molar-refractivity contribution >= 4 is 34.6 Å². The van der Waals surface area contributed by atoms with Gasteiger partial charge in [0.15, 0.2) is 0 Å². The van der Waals surface area contributed by atoms with Gasteiger partial charge in [0.05, 0.1) is 11.4 Å². The van der Waals surface area contributed by atoms with Crippen molar-refractivity contribution < 1.29 is 0 Å². The zero-order chi connectivity index (χ0) is 12.8. The lowest BCUT2D eigenvalue weighted by atomic mass is 10.2. The molecule has 2 N–H and O–H groups in total. The Balaban J connectivity index is 1.93. The Morgan fingerprint density at radius 3 is 1.22 bits per heavy atom. The van der Waals surface area contributed by atoms with Crippen molar-refractivity contribution in [1.82, 2.24) is 0 Å². The molecule has 0 unspecified atom stereocenters. The van der Waals surface area contributed by atoms with Crippen molar-refractivity contribution in [2.75, 3.05) is 10.9 Å². The maximum atomic E-state index is 5.73. The lowest BCUT2D eigenvalue weighted by Gasteiger charge is -2.10. The van der Waals surface area contributed by atoms with Crippen LogP contribution in [0.1, 0.15) is 11.1 Å². The van der Waals surface area contributed by atoms with Gasteiger partial charge >= 0.3 is 0 Å². The number of nitrogens with one attached hydrogen (secondary N) is 2. The third kappa shape index (κ3) is 3.56. The van der Waals surface area contributed by atoms with E-state index in [9.17, 15) is 0 Å². The van der Waals surface area contributed by atoms with Crippen molar-refractivity contribution in [2.24, 2.45) is 0 Å². The summed E-state index contributed by atoms with van der Waals surface area (Å²) in [5, 5.41) is 0. The summed E-state index contributed by atoms with van der Waals surface area (Å²) in [5.74, 6) is 1.07. The smallest absolute Gasteiger partial charge is 0.0540 e. The van der Waals surface area contributed by atoms with Crippen LogP contribution in [0, 0.1) is 0 Å². The topological polar surface area (TPSA) is 24.1 Å². The van der Waals surface area contributed by atoms with Crippen LogP contribution in [0.5, 0.6) is 0 Å². The molecular formula is C14H14Cl2N2. The Labute approximate surface area is 117 Å². The van der Waals surface area contributed by atoms with Crippen LogP contribution < -0.4 is 10.9 Å². The molecule has 0 bridgehead atoms. The molecule has 2 rings (SSSR count). The number of alkyl halides is 2. The molecule has 0 saturated heterocycles. The average molecular weight is 281 g/mol. The first-order valence-corrected chi connectivity index (χ1v) is 6.70. The van der Waals surface area contributed by atoms with Crippen molar-refractivity contribution in [1.29, 1.82) is 0 Å². The normalized spacial score (nSPS) is 10.1. The van der Waals surface area contributed by atoms with Gasteiger partial charge in [0.2, 0.25) is 0 Å². The van der Waals surface area contributed by atoms with E-state index in [1.807, 2.05) is 48.5 Å². The van der Waals surface area contributed by atoms with Crippen LogP contribution in [-0.2, 0) is 11.8 Å².